The van der Waals surface area contributed by atoms with Gasteiger partial charge in [-0.25, -0.2) is 0 Å². The van der Waals surface area contributed by atoms with Crippen LogP contribution in [0.1, 0.15) is 26.7 Å². The number of hydrogen-bond acceptors (Lipinski definition) is 2. The molecule has 1 aliphatic carbocycles. The first-order chi connectivity index (χ1) is 8.51. The van der Waals surface area contributed by atoms with Crippen LogP contribution in [0.2, 0.25) is 0 Å². The summed E-state index contributed by atoms with van der Waals surface area (Å²) in [6.07, 6.45) is 2.53. The predicted octanol–water partition coefficient (Wildman–Crippen LogP) is 1.09. The number of carbonyl (C=O) groups excluding carboxylic acids is 2. The highest BCUT2D eigenvalue weighted by Crippen LogP contribution is 2.34. The van der Waals surface area contributed by atoms with Crippen molar-refractivity contribution in [3.8, 4) is 0 Å². The molecule has 0 unspecified atom stereocenters. The van der Waals surface area contributed by atoms with Gasteiger partial charge in [0.05, 0.1) is 0 Å². The fourth-order valence-electron chi connectivity index (χ4n) is 2.20. The SMILES string of the molecule is CC1=C(C)C[C@H](C(=O)C=[N+]=[N-])[C@@H](C(=O)C=[N+]=[N-])C1. The van der Waals surface area contributed by atoms with Gasteiger partial charge in [0.1, 0.15) is 0 Å². The van der Waals surface area contributed by atoms with Crippen molar-refractivity contribution in [2.45, 2.75) is 26.7 Å². The van der Waals surface area contributed by atoms with Crippen LogP contribution in [0, 0.1) is 11.8 Å². The number of nitrogens with zero attached hydrogens (tertiary/aromatic N) is 4. The first-order valence-electron chi connectivity index (χ1n) is 5.59. The van der Waals surface area contributed by atoms with Crippen LogP contribution >= 0.6 is 0 Å². The van der Waals surface area contributed by atoms with E-state index in [9.17, 15) is 9.59 Å². The highest BCUT2D eigenvalue weighted by molar-refractivity contribution is 6.31. The van der Waals surface area contributed by atoms with E-state index < -0.39 is 23.4 Å². The Morgan fingerprint density at radius 3 is 1.61 bits per heavy atom. The fourth-order valence-corrected chi connectivity index (χ4v) is 2.20. The highest BCUT2D eigenvalue weighted by atomic mass is 16.1. The summed E-state index contributed by atoms with van der Waals surface area (Å²) in [5.41, 5.74) is 18.9. The Bertz CT molecular complexity index is 462. The molecule has 0 aromatic carbocycles. The van der Waals surface area contributed by atoms with Gasteiger partial charge in [0.15, 0.2) is 0 Å². The highest BCUT2D eigenvalue weighted by Gasteiger charge is 2.38. The van der Waals surface area contributed by atoms with Crippen molar-refractivity contribution < 1.29 is 19.2 Å². The van der Waals surface area contributed by atoms with E-state index >= 15 is 0 Å². The summed E-state index contributed by atoms with van der Waals surface area (Å²) in [7, 11) is 0. The molecule has 1 aliphatic rings. The second-order valence-electron chi connectivity index (χ2n) is 4.48. The Kier molecular flexibility index (Phi) is 4.60. The minimum absolute atomic E-state index is 0.394. The van der Waals surface area contributed by atoms with Crippen molar-refractivity contribution in [3.05, 3.63) is 22.2 Å². The summed E-state index contributed by atoms with van der Waals surface area (Å²) in [6, 6.07) is 0. The average molecular weight is 246 g/mol. The molecule has 0 bridgehead atoms. The Labute approximate surface area is 105 Å². The molecule has 0 aromatic rings. The smallest absolute Gasteiger partial charge is 0.323 e. The van der Waals surface area contributed by atoms with E-state index in [2.05, 4.69) is 9.58 Å². The quantitative estimate of drug-likeness (QED) is 0.320. The van der Waals surface area contributed by atoms with Crippen LogP contribution in [0.25, 0.3) is 11.1 Å². The third-order valence-electron chi connectivity index (χ3n) is 3.37. The topological polar surface area (TPSA) is 107 Å². The van der Waals surface area contributed by atoms with Crippen molar-refractivity contribution in [2.75, 3.05) is 0 Å². The standard InChI is InChI=1S/C12H14N4O2/c1-7-3-9(11(17)5-15-13)10(4-8(7)2)12(18)6-16-14/h5-6,9-10H,3-4H2,1-2H3/t9-,10-/m0/s1. The lowest BCUT2D eigenvalue weighted by Gasteiger charge is -2.27. The second kappa shape index (κ2) is 5.96. The maximum absolute atomic E-state index is 11.8. The van der Waals surface area contributed by atoms with Crippen LogP contribution in [0.5, 0.6) is 0 Å². The number of carbonyl (C=O) groups is 2. The second-order valence-corrected chi connectivity index (χ2v) is 4.48. The molecule has 0 heterocycles. The zero-order chi connectivity index (χ0) is 13.7. The summed E-state index contributed by atoms with van der Waals surface area (Å²) in [6.45, 7) is 3.82. The minimum Gasteiger partial charge on any atom is -0.361 e. The lowest BCUT2D eigenvalue weighted by atomic mass is 9.73. The zero-order valence-corrected chi connectivity index (χ0v) is 10.3. The van der Waals surface area contributed by atoms with Gasteiger partial charge in [0, 0.05) is 11.8 Å². The Balaban J connectivity index is 3.10. The van der Waals surface area contributed by atoms with Gasteiger partial charge in [-0.3, -0.25) is 9.59 Å². The number of rotatable bonds is 4. The molecule has 0 amide bonds. The largest absolute Gasteiger partial charge is 0.361 e. The van der Waals surface area contributed by atoms with E-state index in [1.54, 1.807) is 0 Å². The normalized spacial score (nSPS) is 22.8. The molecule has 0 N–H and O–H groups in total. The Morgan fingerprint density at radius 2 is 1.33 bits per heavy atom. The zero-order valence-electron chi connectivity index (χ0n) is 10.3. The molecular weight excluding hydrogens is 232 g/mol. The van der Waals surface area contributed by atoms with Crippen molar-refractivity contribution >= 4 is 24.0 Å². The molecule has 6 nitrogen and oxygen atoms in total. The first kappa shape index (κ1) is 13.9. The summed E-state index contributed by atoms with van der Waals surface area (Å²) >= 11 is 0. The van der Waals surface area contributed by atoms with Crippen LogP contribution in [0.4, 0.5) is 0 Å². The molecule has 6 heteroatoms. The minimum atomic E-state index is -0.560. The van der Waals surface area contributed by atoms with Gasteiger partial charge in [-0.2, -0.15) is 9.58 Å². The van der Waals surface area contributed by atoms with Crippen molar-refractivity contribution in [3.63, 3.8) is 0 Å². The number of allylic oxidation sites excluding steroid dienone is 2. The van der Waals surface area contributed by atoms with Gasteiger partial charge in [0.2, 0.25) is 11.6 Å². The van der Waals surface area contributed by atoms with Crippen LogP contribution in [-0.4, -0.2) is 33.6 Å². The lowest BCUT2D eigenvalue weighted by Crippen LogP contribution is -2.34. The molecular formula is C12H14N4O2. The van der Waals surface area contributed by atoms with Crippen molar-refractivity contribution in [1.82, 2.24) is 0 Å². The molecule has 0 aliphatic heterocycles. The van der Waals surface area contributed by atoms with Crippen LogP contribution in [0.15, 0.2) is 11.1 Å². The summed E-state index contributed by atoms with van der Waals surface area (Å²) in [4.78, 5) is 29.0. The molecule has 0 spiro atoms. The van der Waals surface area contributed by atoms with E-state index in [1.807, 2.05) is 13.8 Å². The van der Waals surface area contributed by atoms with Crippen molar-refractivity contribution in [1.29, 1.82) is 0 Å². The van der Waals surface area contributed by atoms with Gasteiger partial charge in [0.25, 0.3) is 0 Å². The Hall–Kier alpha value is -2.16. The summed E-state index contributed by atoms with van der Waals surface area (Å²) < 4.78 is 0. The third-order valence-corrected chi connectivity index (χ3v) is 3.37. The maximum Gasteiger partial charge on any atom is 0.323 e. The molecule has 0 aromatic heterocycles. The molecule has 94 valence electrons. The summed E-state index contributed by atoms with van der Waals surface area (Å²) in [5.74, 6) is -1.91. The van der Waals surface area contributed by atoms with Crippen molar-refractivity contribution in [2.24, 2.45) is 11.8 Å². The predicted molar refractivity (Wildman–Crippen MR) is 64.0 cm³/mol. The molecule has 2 atom stereocenters. The van der Waals surface area contributed by atoms with Gasteiger partial charge in [-0.15, -0.1) is 0 Å². The molecule has 1 rings (SSSR count). The maximum atomic E-state index is 11.8. The van der Waals surface area contributed by atoms with Crippen LogP contribution < -0.4 is 0 Å². The molecule has 0 radical (unpaired) electrons. The average Bonchev–Trinajstić information content (AvgIpc) is 2.32. The van der Waals surface area contributed by atoms with E-state index in [0.29, 0.717) is 12.8 Å². The van der Waals surface area contributed by atoms with Crippen LogP contribution in [0.3, 0.4) is 0 Å². The Morgan fingerprint density at radius 1 is 1.00 bits per heavy atom. The van der Waals surface area contributed by atoms with Crippen LogP contribution in [-0.2, 0) is 9.59 Å². The van der Waals surface area contributed by atoms with E-state index in [4.69, 9.17) is 11.1 Å². The fraction of sp³-hybridized carbons (Fsp3) is 0.500. The van der Waals surface area contributed by atoms with E-state index in [-0.39, 0.29) is 0 Å². The molecule has 0 saturated carbocycles. The first-order valence-corrected chi connectivity index (χ1v) is 5.59. The lowest BCUT2D eigenvalue weighted by molar-refractivity contribution is -0.128. The van der Waals surface area contributed by atoms with Gasteiger partial charge in [-0.1, -0.05) is 11.1 Å². The van der Waals surface area contributed by atoms with Gasteiger partial charge < -0.3 is 11.1 Å². The van der Waals surface area contributed by atoms with E-state index in [0.717, 1.165) is 23.6 Å². The van der Waals surface area contributed by atoms with Gasteiger partial charge >= 0.3 is 12.4 Å². The molecule has 0 saturated heterocycles. The molecule has 18 heavy (non-hydrogen) atoms. The molecule has 0 fully saturated rings. The third kappa shape index (κ3) is 2.94. The monoisotopic (exact) mass is 246 g/mol. The van der Waals surface area contributed by atoms with E-state index in [1.165, 1.54) is 0 Å². The van der Waals surface area contributed by atoms with Gasteiger partial charge in [-0.05, 0) is 26.7 Å². The number of hydrogen-bond donors (Lipinski definition) is 0. The number of ketones is 2. The summed E-state index contributed by atoms with van der Waals surface area (Å²) in [5, 5.41) is 0. The number of Topliss-reactive ketones (excluding diaryl/α,β-unsaturated/α-hetero) is 2.